The molecular formula is C23H15NO7. The number of amides is 1. The van der Waals surface area contributed by atoms with E-state index in [1.165, 1.54) is 12.3 Å². The van der Waals surface area contributed by atoms with Crippen LogP contribution in [-0.4, -0.2) is 30.7 Å². The number of Topliss-reactive ketones (excluding diaryl/α,β-unsaturated/α-hetero) is 2. The fourth-order valence-electron chi connectivity index (χ4n) is 3.25. The number of carbonyl (C=O) groups is 3. The van der Waals surface area contributed by atoms with E-state index >= 15 is 0 Å². The molecule has 3 aromatic rings. The number of carbonyl (C=O) groups excluding carboxylic acids is 3. The summed E-state index contributed by atoms with van der Waals surface area (Å²) >= 11 is 0. The van der Waals surface area contributed by atoms with Crippen LogP contribution in [-0.2, 0) is 4.79 Å². The molecule has 3 heterocycles. The summed E-state index contributed by atoms with van der Waals surface area (Å²) < 4.78 is 21.7. The standard InChI is InChI=1S/C23H15NO7/c25-18(13-3-6-19-17(8-13)24-22(26)12-30-19)11-29-15-4-5-16-20(9-15)31-21(23(16)27)10-14-2-1-7-28-14/h1-10H,11-12H2,(H,24,26)/b21-10+. The fraction of sp³-hybridized carbons (Fsp3) is 0.0870. The molecule has 0 unspecified atom stereocenters. The van der Waals surface area contributed by atoms with Gasteiger partial charge in [0.25, 0.3) is 5.91 Å². The molecule has 8 nitrogen and oxygen atoms in total. The highest BCUT2D eigenvalue weighted by Gasteiger charge is 2.28. The summed E-state index contributed by atoms with van der Waals surface area (Å²) in [6, 6.07) is 13.0. The summed E-state index contributed by atoms with van der Waals surface area (Å²) in [6.07, 6.45) is 3.02. The summed E-state index contributed by atoms with van der Waals surface area (Å²) in [6.45, 7) is -0.278. The van der Waals surface area contributed by atoms with Crippen LogP contribution in [0.25, 0.3) is 6.08 Å². The van der Waals surface area contributed by atoms with Crippen molar-refractivity contribution < 1.29 is 33.0 Å². The molecule has 31 heavy (non-hydrogen) atoms. The van der Waals surface area contributed by atoms with E-state index in [0.717, 1.165) is 0 Å². The van der Waals surface area contributed by atoms with Crippen molar-refractivity contribution in [3.8, 4) is 17.2 Å². The third kappa shape index (κ3) is 3.66. The van der Waals surface area contributed by atoms with Gasteiger partial charge in [-0.2, -0.15) is 0 Å². The minimum absolute atomic E-state index is 0.0509. The van der Waals surface area contributed by atoms with Crippen molar-refractivity contribution >= 4 is 29.2 Å². The summed E-state index contributed by atoms with van der Waals surface area (Å²) in [5.74, 6) is 1.08. The topological polar surface area (TPSA) is 104 Å². The maximum Gasteiger partial charge on any atom is 0.262 e. The Balaban J connectivity index is 1.27. The largest absolute Gasteiger partial charge is 0.485 e. The lowest BCUT2D eigenvalue weighted by Gasteiger charge is -2.18. The van der Waals surface area contributed by atoms with Crippen LogP contribution in [0.15, 0.2) is 65.0 Å². The van der Waals surface area contributed by atoms with Crippen LogP contribution in [0.4, 0.5) is 5.69 Å². The smallest absolute Gasteiger partial charge is 0.262 e. The average molecular weight is 417 g/mol. The van der Waals surface area contributed by atoms with Crippen LogP contribution in [0.1, 0.15) is 26.5 Å². The van der Waals surface area contributed by atoms with Gasteiger partial charge in [-0.15, -0.1) is 0 Å². The van der Waals surface area contributed by atoms with Gasteiger partial charge in [-0.25, -0.2) is 0 Å². The Morgan fingerprint density at radius 3 is 2.84 bits per heavy atom. The molecule has 0 saturated heterocycles. The van der Waals surface area contributed by atoms with Crippen LogP contribution in [0.3, 0.4) is 0 Å². The molecule has 2 aliphatic rings. The second-order valence-electron chi connectivity index (χ2n) is 6.87. The number of nitrogens with one attached hydrogen (secondary N) is 1. The van der Waals surface area contributed by atoms with Crippen molar-refractivity contribution in [1.82, 2.24) is 0 Å². The van der Waals surface area contributed by atoms with E-state index in [1.807, 2.05) is 0 Å². The highest BCUT2D eigenvalue weighted by atomic mass is 16.5. The third-order valence-corrected chi connectivity index (χ3v) is 4.76. The molecule has 0 bridgehead atoms. The molecule has 0 aliphatic carbocycles. The van der Waals surface area contributed by atoms with Crippen molar-refractivity contribution in [2.45, 2.75) is 0 Å². The van der Waals surface area contributed by atoms with Gasteiger partial charge in [0.2, 0.25) is 5.78 Å². The van der Waals surface area contributed by atoms with Gasteiger partial charge in [-0.3, -0.25) is 14.4 Å². The number of benzene rings is 2. The van der Waals surface area contributed by atoms with Crippen LogP contribution < -0.4 is 19.5 Å². The first-order chi connectivity index (χ1) is 15.1. The van der Waals surface area contributed by atoms with Gasteiger partial charge in [-0.1, -0.05) is 0 Å². The lowest BCUT2D eigenvalue weighted by molar-refractivity contribution is -0.118. The van der Waals surface area contributed by atoms with E-state index in [0.29, 0.717) is 39.8 Å². The Labute approximate surface area is 176 Å². The molecule has 2 aromatic carbocycles. The molecule has 154 valence electrons. The molecule has 1 amide bonds. The number of fused-ring (bicyclic) bond motifs is 2. The quantitative estimate of drug-likeness (QED) is 0.501. The van der Waals surface area contributed by atoms with Crippen molar-refractivity contribution in [1.29, 1.82) is 0 Å². The van der Waals surface area contributed by atoms with Gasteiger partial charge in [0.1, 0.15) is 23.0 Å². The van der Waals surface area contributed by atoms with E-state index < -0.39 is 0 Å². The number of furan rings is 1. The molecule has 0 spiro atoms. The summed E-state index contributed by atoms with van der Waals surface area (Å²) in [7, 11) is 0. The number of rotatable bonds is 5. The second-order valence-corrected chi connectivity index (χ2v) is 6.87. The first kappa shape index (κ1) is 18.7. The van der Waals surface area contributed by atoms with Gasteiger partial charge in [0, 0.05) is 17.7 Å². The first-order valence-corrected chi connectivity index (χ1v) is 9.41. The van der Waals surface area contributed by atoms with Crippen molar-refractivity contribution in [2.24, 2.45) is 0 Å². The maximum absolute atomic E-state index is 12.5. The van der Waals surface area contributed by atoms with Crippen LogP contribution in [0.2, 0.25) is 0 Å². The van der Waals surface area contributed by atoms with E-state index in [2.05, 4.69) is 5.32 Å². The molecule has 1 N–H and O–H groups in total. The number of ether oxygens (including phenoxy) is 3. The lowest BCUT2D eigenvalue weighted by Crippen LogP contribution is -2.25. The van der Waals surface area contributed by atoms with Crippen molar-refractivity contribution in [3.63, 3.8) is 0 Å². The normalized spacial score (nSPS) is 15.5. The van der Waals surface area contributed by atoms with E-state index in [1.54, 1.807) is 48.5 Å². The lowest BCUT2D eigenvalue weighted by atomic mass is 10.1. The Hall–Kier alpha value is -4.33. The van der Waals surface area contributed by atoms with E-state index in [9.17, 15) is 14.4 Å². The molecular weight excluding hydrogens is 402 g/mol. The molecule has 0 saturated carbocycles. The molecule has 0 atom stereocenters. The van der Waals surface area contributed by atoms with Crippen LogP contribution >= 0.6 is 0 Å². The third-order valence-electron chi connectivity index (χ3n) is 4.76. The molecule has 2 aliphatic heterocycles. The Morgan fingerprint density at radius 1 is 1.10 bits per heavy atom. The number of ketones is 2. The van der Waals surface area contributed by atoms with Gasteiger partial charge >= 0.3 is 0 Å². The molecule has 0 fully saturated rings. The monoisotopic (exact) mass is 417 g/mol. The minimum atomic E-state index is -0.279. The van der Waals surface area contributed by atoms with E-state index in [-0.39, 0.29) is 36.4 Å². The van der Waals surface area contributed by atoms with Gasteiger partial charge in [0.05, 0.1) is 17.5 Å². The van der Waals surface area contributed by atoms with Crippen LogP contribution in [0, 0.1) is 0 Å². The fourth-order valence-corrected chi connectivity index (χ4v) is 3.25. The maximum atomic E-state index is 12.5. The zero-order chi connectivity index (χ0) is 21.4. The number of hydrogen-bond acceptors (Lipinski definition) is 7. The molecule has 5 rings (SSSR count). The summed E-state index contributed by atoms with van der Waals surface area (Å²) in [5, 5.41) is 2.66. The highest BCUT2D eigenvalue weighted by Crippen LogP contribution is 2.35. The highest BCUT2D eigenvalue weighted by molar-refractivity contribution is 6.14. The SMILES string of the molecule is O=C1COc2ccc(C(=O)COc3ccc4c(c3)O/C(=C/c3ccco3)C4=O)cc2N1. The zero-order valence-electron chi connectivity index (χ0n) is 16.0. The van der Waals surface area contributed by atoms with Gasteiger partial charge in [0.15, 0.2) is 24.8 Å². The second kappa shape index (κ2) is 7.49. The zero-order valence-corrected chi connectivity index (χ0v) is 16.0. The number of anilines is 1. The van der Waals surface area contributed by atoms with Crippen molar-refractivity contribution in [2.75, 3.05) is 18.5 Å². The Bertz CT molecular complexity index is 1240. The number of allylic oxidation sites excluding steroid dienone is 1. The van der Waals surface area contributed by atoms with Crippen molar-refractivity contribution in [3.05, 3.63) is 77.4 Å². The summed E-state index contributed by atoms with van der Waals surface area (Å²) in [5.41, 5.74) is 1.23. The molecule has 1 aromatic heterocycles. The van der Waals surface area contributed by atoms with Gasteiger partial charge < -0.3 is 23.9 Å². The Morgan fingerprint density at radius 2 is 2.00 bits per heavy atom. The Kier molecular flexibility index (Phi) is 4.51. The molecule has 8 heteroatoms. The van der Waals surface area contributed by atoms with E-state index in [4.69, 9.17) is 18.6 Å². The van der Waals surface area contributed by atoms with Gasteiger partial charge in [-0.05, 0) is 42.5 Å². The predicted octanol–water partition coefficient (Wildman–Crippen LogP) is 3.49. The summed E-state index contributed by atoms with van der Waals surface area (Å²) in [4.78, 5) is 36.4. The average Bonchev–Trinajstić information content (AvgIpc) is 3.39. The number of hydrogen-bond donors (Lipinski definition) is 1. The van der Waals surface area contributed by atoms with Crippen LogP contribution in [0.5, 0.6) is 17.2 Å². The minimum Gasteiger partial charge on any atom is -0.485 e. The molecule has 0 radical (unpaired) electrons. The predicted molar refractivity (Wildman–Crippen MR) is 108 cm³/mol. The first-order valence-electron chi connectivity index (χ1n) is 9.41.